The highest BCUT2D eigenvalue weighted by molar-refractivity contribution is 6.31. The molecule has 0 atom stereocenters. The molecular formula is C13H11ClO2. The van der Waals surface area contributed by atoms with Crippen LogP contribution in [0.2, 0.25) is 5.02 Å². The summed E-state index contributed by atoms with van der Waals surface area (Å²) < 4.78 is 5.10. The topological polar surface area (TPSA) is 30.2 Å². The van der Waals surface area contributed by atoms with Crippen molar-refractivity contribution in [2.45, 2.75) is 13.3 Å². The molecule has 0 radical (unpaired) electrons. The van der Waals surface area contributed by atoms with Crippen LogP contribution in [0.1, 0.15) is 21.7 Å². The number of ketones is 1. The molecule has 1 heterocycles. The lowest BCUT2D eigenvalue weighted by Crippen LogP contribution is -2.02. The first-order valence-electron chi connectivity index (χ1n) is 4.98. The number of carbonyl (C=O) groups is 1. The Morgan fingerprint density at radius 1 is 1.38 bits per heavy atom. The van der Waals surface area contributed by atoms with Gasteiger partial charge >= 0.3 is 0 Å². The van der Waals surface area contributed by atoms with Crippen LogP contribution in [-0.2, 0) is 6.42 Å². The van der Waals surface area contributed by atoms with Crippen molar-refractivity contribution < 1.29 is 9.21 Å². The van der Waals surface area contributed by atoms with Gasteiger partial charge in [0.1, 0.15) is 12.0 Å². The molecule has 1 aromatic carbocycles. The molecule has 0 aliphatic carbocycles. The Morgan fingerprint density at radius 2 is 2.12 bits per heavy atom. The number of hydrogen-bond donors (Lipinski definition) is 0. The highest BCUT2D eigenvalue weighted by Crippen LogP contribution is 2.18. The van der Waals surface area contributed by atoms with E-state index in [-0.39, 0.29) is 5.78 Å². The standard InChI is InChI=1S/C13H11ClO2/c1-9-6-11(8-16-9)13(15)7-10-4-2-3-5-12(10)14/h2-6,8H,7H2,1H3. The first-order chi connectivity index (χ1) is 7.66. The number of furan rings is 1. The summed E-state index contributed by atoms with van der Waals surface area (Å²) in [6.45, 7) is 1.81. The molecule has 0 aliphatic heterocycles. The second-order valence-electron chi connectivity index (χ2n) is 3.64. The van der Waals surface area contributed by atoms with E-state index in [9.17, 15) is 4.79 Å². The number of aryl methyl sites for hydroxylation is 1. The van der Waals surface area contributed by atoms with E-state index in [0.717, 1.165) is 11.3 Å². The molecule has 0 spiro atoms. The van der Waals surface area contributed by atoms with E-state index in [0.29, 0.717) is 17.0 Å². The van der Waals surface area contributed by atoms with Crippen LogP contribution in [0.3, 0.4) is 0 Å². The summed E-state index contributed by atoms with van der Waals surface area (Å²) in [6, 6.07) is 9.09. The summed E-state index contributed by atoms with van der Waals surface area (Å²) in [5.74, 6) is 0.757. The minimum atomic E-state index is 0.0185. The number of benzene rings is 1. The molecule has 0 saturated carbocycles. The molecule has 0 saturated heterocycles. The molecule has 2 nitrogen and oxygen atoms in total. The van der Waals surface area contributed by atoms with Crippen molar-refractivity contribution in [2.75, 3.05) is 0 Å². The van der Waals surface area contributed by atoms with Gasteiger partial charge in [-0.2, -0.15) is 0 Å². The Kier molecular flexibility index (Phi) is 3.11. The van der Waals surface area contributed by atoms with Crippen LogP contribution < -0.4 is 0 Å². The summed E-state index contributed by atoms with van der Waals surface area (Å²) in [6.07, 6.45) is 1.78. The van der Waals surface area contributed by atoms with E-state index >= 15 is 0 Å². The van der Waals surface area contributed by atoms with Crippen molar-refractivity contribution in [3.05, 3.63) is 58.5 Å². The van der Waals surface area contributed by atoms with E-state index < -0.39 is 0 Å². The van der Waals surface area contributed by atoms with Crippen molar-refractivity contribution in [1.29, 1.82) is 0 Å². The Hall–Kier alpha value is -1.54. The smallest absolute Gasteiger partial charge is 0.170 e. The SMILES string of the molecule is Cc1cc(C(=O)Cc2ccccc2Cl)co1. The van der Waals surface area contributed by atoms with Crippen molar-refractivity contribution >= 4 is 17.4 Å². The third kappa shape index (κ3) is 2.34. The lowest BCUT2D eigenvalue weighted by atomic mass is 10.1. The average Bonchev–Trinajstić information content (AvgIpc) is 2.68. The van der Waals surface area contributed by atoms with E-state index in [1.54, 1.807) is 12.1 Å². The van der Waals surface area contributed by atoms with E-state index in [1.807, 2.05) is 25.1 Å². The summed E-state index contributed by atoms with van der Waals surface area (Å²) in [5, 5.41) is 0.621. The Balaban J connectivity index is 2.17. The largest absolute Gasteiger partial charge is 0.469 e. The number of rotatable bonds is 3. The fraction of sp³-hybridized carbons (Fsp3) is 0.154. The van der Waals surface area contributed by atoms with Gasteiger partial charge in [-0.3, -0.25) is 4.79 Å². The Labute approximate surface area is 98.8 Å². The van der Waals surface area contributed by atoms with Gasteiger partial charge in [-0.1, -0.05) is 29.8 Å². The molecule has 16 heavy (non-hydrogen) atoms. The van der Waals surface area contributed by atoms with Crippen LogP contribution >= 0.6 is 11.6 Å². The van der Waals surface area contributed by atoms with Crippen molar-refractivity contribution in [2.24, 2.45) is 0 Å². The van der Waals surface area contributed by atoms with Gasteiger partial charge in [0.25, 0.3) is 0 Å². The molecule has 2 aromatic rings. The van der Waals surface area contributed by atoms with Crippen LogP contribution in [0.15, 0.2) is 41.0 Å². The third-order valence-corrected chi connectivity index (χ3v) is 2.73. The van der Waals surface area contributed by atoms with Crippen LogP contribution in [0.4, 0.5) is 0 Å². The van der Waals surface area contributed by atoms with Gasteiger partial charge in [-0.25, -0.2) is 0 Å². The van der Waals surface area contributed by atoms with E-state index in [4.69, 9.17) is 16.0 Å². The quantitative estimate of drug-likeness (QED) is 0.759. The van der Waals surface area contributed by atoms with Gasteiger partial charge in [0.15, 0.2) is 5.78 Å². The summed E-state index contributed by atoms with van der Waals surface area (Å²) in [5.41, 5.74) is 1.44. The predicted octanol–water partition coefficient (Wildman–Crippen LogP) is 3.67. The highest BCUT2D eigenvalue weighted by atomic mass is 35.5. The molecule has 0 N–H and O–H groups in total. The van der Waals surface area contributed by atoms with Gasteiger partial charge in [0.2, 0.25) is 0 Å². The number of Topliss-reactive ketones (excluding diaryl/α,β-unsaturated/α-hetero) is 1. The van der Waals surface area contributed by atoms with Crippen LogP contribution in [0, 0.1) is 6.92 Å². The molecule has 0 unspecified atom stereocenters. The minimum Gasteiger partial charge on any atom is -0.469 e. The average molecular weight is 235 g/mol. The number of halogens is 1. The van der Waals surface area contributed by atoms with Crippen LogP contribution in [0.5, 0.6) is 0 Å². The van der Waals surface area contributed by atoms with Gasteiger partial charge in [0.05, 0.1) is 5.56 Å². The molecule has 0 bridgehead atoms. The van der Waals surface area contributed by atoms with Crippen molar-refractivity contribution in [1.82, 2.24) is 0 Å². The Morgan fingerprint density at radius 3 is 2.75 bits per heavy atom. The highest BCUT2D eigenvalue weighted by Gasteiger charge is 2.11. The fourth-order valence-corrected chi connectivity index (χ4v) is 1.71. The maximum absolute atomic E-state index is 11.9. The maximum Gasteiger partial charge on any atom is 0.170 e. The van der Waals surface area contributed by atoms with E-state index in [2.05, 4.69) is 0 Å². The third-order valence-electron chi connectivity index (χ3n) is 2.36. The molecular weight excluding hydrogens is 224 g/mol. The lowest BCUT2D eigenvalue weighted by molar-refractivity contribution is 0.0992. The maximum atomic E-state index is 11.9. The van der Waals surface area contributed by atoms with Crippen LogP contribution in [0.25, 0.3) is 0 Å². The van der Waals surface area contributed by atoms with E-state index in [1.165, 1.54) is 6.26 Å². The normalized spacial score (nSPS) is 10.4. The Bertz CT molecular complexity index is 514. The second-order valence-corrected chi connectivity index (χ2v) is 4.04. The van der Waals surface area contributed by atoms with Gasteiger partial charge in [-0.15, -0.1) is 0 Å². The van der Waals surface area contributed by atoms with Gasteiger partial charge in [-0.05, 0) is 24.6 Å². The van der Waals surface area contributed by atoms with Crippen molar-refractivity contribution in [3.8, 4) is 0 Å². The van der Waals surface area contributed by atoms with Gasteiger partial charge < -0.3 is 4.42 Å². The molecule has 0 fully saturated rings. The fourth-order valence-electron chi connectivity index (χ4n) is 1.51. The molecule has 2 rings (SSSR count). The predicted molar refractivity (Wildman–Crippen MR) is 62.9 cm³/mol. The zero-order valence-corrected chi connectivity index (χ0v) is 9.62. The summed E-state index contributed by atoms with van der Waals surface area (Å²) in [7, 11) is 0. The summed E-state index contributed by atoms with van der Waals surface area (Å²) in [4.78, 5) is 11.9. The number of hydrogen-bond acceptors (Lipinski definition) is 2. The lowest BCUT2D eigenvalue weighted by Gasteiger charge is -2.01. The zero-order valence-electron chi connectivity index (χ0n) is 8.87. The molecule has 1 aromatic heterocycles. The van der Waals surface area contributed by atoms with Gasteiger partial charge in [0, 0.05) is 11.4 Å². The second kappa shape index (κ2) is 4.54. The first kappa shape index (κ1) is 11.0. The molecule has 3 heteroatoms. The monoisotopic (exact) mass is 234 g/mol. The molecule has 0 amide bonds. The van der Waals surface area contributed by atoms with Crippen LogP contribution in [-0.4, -0.2) is 5.78 Å². The van der Waals surface area contributed by atoms with Crippen molar-refractivity contribution in [3.63, 3.8) is 0 Å². The minimum absolute atomic E-state index is 0.0185. The molecule has 0 aliphatic rings. The summed E-state index contributed by atoms with van der Waals surface area (Å²) >= 11 is 5.99. The number of carbonyl (C=O) groups excluding carboxylic acids is 1. The molecule has 82 valence electrons. The first-order valence-corrected chi connectivity index (χ1v) is 5.36. The zero-order chi connectivity index (χ0) is 11.5.